The Bertz CT molecular complexity index is 623. The zero-order chi connectivity index (χ0) is 13.9. The predicted octanol–water partition coefficient (Wildman–Crippen LogP) is 2.06. The van der Waals surface area contributed by atoms with Gasteiger partial charge in [0.1, 0.15) is 0 Å². The number of hydrogen-bond donors (Lipinski definition) is 2. The Kier molecular flexibility index (Phi) is 3.52. The number of benzene rings is 1. The molecular weight excluding hydrogens is 252 g/mol. The molecule has 0 aliphatic carbocycles. The number of fused-ring (bicyclic) bond motifs is 1. The molecular formula is C15H18N4O. The van der Waals surface area contributed by atoms with E-state index in [1.54, 1.807) is 6.20 Å². The molecule has 5 heteroatoms. The second-order valence-electron chi connectivity index (χ2n) is 5.23. The van der Waals surface area contributed by atoms with Gasteiger partial charge in [-0.25, -0.2) is 4.79 Å². The van der Waals surface area contributed by atoms with Crippen molar-refractivity contribution in [3.8, 4) is 0 Å². The number of urea groups is 1. The highest BCUT2D eigenvalue weighted by molar-refractivity contribution is 5.99. The number of nitrogens with one attached hydrogen (secondary N) is 2. The van der Waals surface area contributed by atoms with E-state index in [0.717, 1.165) is 36.1 Å². The zero-order valence-corrected chi connectivity index (χ0v) is 11.5. The first kappa shape index (κ1) is 12.9. The summed E-state index contributed by atoms with van der Waals surface area (Å²) in [6.07, 6.45) is 2.73. The van der Waals surface area contributed by atoms with Crippen LogP contribution in [0.4, 0.5) is 10.5 Å². The van der Waals surface area contributed by atoms with Gasteiger partial charge in [0.05, 0.1) is 11.2 Å². The molecule has 1 aromatic heterocycles. The van der Waals surface area contributed by atoms with E-state index in [1.165, 1.54) is 0 Å². The number of rotatable bonds is 2. The Morgan fingerprint density at radius 2 is 2.20 bits per heavy atom. The van der Waals surface area contributed by atoms with Crippen molar-refractivity contribution in [3.05, 3.63) is 36.5 Å². The third-order valence-corrected chi connectivity index (χ3v) is 3.61. The lowest BCUT2D eigenvalue weighted by Crippen LogP contribution is -2.39. The molecule has 1 fully saturated rings. The number of pyridine rings is 1. The van der Waals surface area contributed by atoms with Crippen LogP contribution in [0.2, 0.25) is 0 Å². The summed E-state index contributed by atoms with van der Waals surface area (Å²) in [5.41, 5.74) is 1.56. The average molecular weight is 270 g/mol. The van der Waals surface area contributed by atoms with Crippen LogP contribution >= 0.6 is 0 Å². The first-order chi connectivity index (χ1) is 9.72. The molecule has 0 bridgehead atoms. The minimum Gasteiger partial charge on any atom is -0.334 e. The quantitative estimate of drug-likeness (QED) is 0.878. The summed E-state index contributed by atoms with van der Waals surface area (Å²) in [7, 11) is 2.06. The molecule has 0 saturated carbocycles. The molecule has 1 aliphatic rings. The highest BCUT2D eigenvalue weighted by Crippen LogP contribution is 2.20. The molecule has 2 N–H and O–H groups in total. The summed E-state index contributed by atoms with van der Waals surface area (Å²) in [5.74, 6) is 0. The molecule has 5 nitrogen and oxygen atoms in total. The summed E-state index contributed by atoms with van der Waals surface area (Å²) in [5, 5.41) is 6.92. The fourth-order valence-corrected chi connectivity index (χ4v) is 2.60. The van der Waals surface area contributed by atoms with Crippen LogP contribution in [0.5, 0.6) is 0 Å². The Labute approximate surface area is 118 Å². The third-order valence-electron chi connectivity index (χ3n) is 3.61. The Morgan fingerprint density at radius 3 is 3.00 bits per heavy atom. The summed E-state index contributed by atoms with van der Waals surface area (Å²) in [4.78, 5) is 18.6. The molecule has 2 aromatic rings. The number of hydrogen-bond acceptors (Lipinski definition) is 3. The lowest BCUT2D eigenvalue weighted by molar-refractivity contribution is 0.248. The number of amides is 2. The maximum atomic E-state index is 12.1. The predicted molar refractivity (Wildman–Crippen MR) is 79.8 cm³/mol. The summed E-state index contributed by atoms with van der Waals surface area (Å²) in [6.45, 7) is 1.93. The molecule has 1 saturated heterocycles. The van der Waals surface area contributed by atoms with Crippen LogP contribution in [0, 0.1) is 0 Å². The standard InChI is InChI=1S/C15H18N4O/c1-19-9-7-12(10-19)17-15(20)18-13-6-2-4-11-5-3-8-16-14(11)13/h2-6,8,12H,7,9-10H2,1H3,(H2,17,18,20). The molecule has 2 heterocycles. The summed E-state index contributed by atoms with van der Waals surface area (Å²) < 4.78 is 0. The minimum absolute atomic E-state index is 0.163. The highest BCUT2D eigenvalue weighted by atomic mass is 16.2. The number of likely N-dealkylation sites (N-methyl/N-ethyl adjacent to an activating group) is 1. The fraction of sp³-hybridized carbons (Fsp3) is 0.333. The van der Waals surface area contributed by atoms with Crippen LogP contribution in [0.1, 0.15) is 6.42 Å². The van der Waals surface area contributed by atoms with Crippen molar-refractivity contribution >= 4 is 22.6 Å². The number of nitrogens with zero attached hydrogens (tertiary/aromatic N) is 2. The van der Waals surface area contributed by atoms with Crippen molar-refractivity contribution < 1.29 is 4.79 Å². The molecule has 1 aromatic carbocycles. The van der Waals surface area contributed by atoms with Gasteiger partial charge >= 0.3 is 6.03 Å². The fourth-order valence-electron chi connectivity index (χ4n) is 2.60. The zero-order valence-electron chi connectivity index (χ0n) is 11.5. The number of carbonyl (C=O) groups is 1. The SMILES string of the molecule is CN1CCC(NC(=O)Nc2cccc3cccnc23)C1. The van der Waals surface area contributed by atoms with E-state index in [1.807, 2.05) is 30.3 Å². The van der Waals surface area contributed by atoms with E-state index in [0.29, 0.717) is 0 Å². The lowest BCUT2D eigenvalue weighted by Gasteiger charge is -2.14. The second kappa shape index (κ2) is 5.46. The molecule has 104 valence electrons. The van der Waals surface area contributed by atoms with Gasteiger partial charge in [-0.3, -0.25) is 4.98 Å². The molecule has 20 heavy (non-hydrogen) atoms. The van der Waals surface area contributed by atoms with E-state index >= 15 is 0 Å². The monoisotopic (exact) mass is 270 g/mol. The van der Waals surface area contributed by atoms with Crippen molar-refractivity contribution in [2.75, 3.05) is 25.5 Å². The van der Waals surface area contributed by atoms with Gasteiger partial charge in [0.15, 0.2) is 0 Å². The van der Waals surface area contributed by atoms with Crippen molar-refractivity contribution in [3.63, 3.8) is 0 Å². The van der Waals surface area contributed by atoms with Crippen molar-refractivity contribution in [1.82, 2.24) is 15.2 Å². The van der Waals surface area contributed by atoms with Crippen molar-refractivity contribution in [1.29, 1.82) is 0 Å². The highest BCUT2D eigenvalue weighted by Gasteiger charge is 2.21. The second-order valence-corrected chi connectivity index (χ2v) is 5.23. The van der Waals surface area contributed by atoms with Gasteiger partial charge in [-0.15, -0.1) is 0 Å². The van der Waals surface area contributed by atoms with Crippen LogP contribution in [0.15, 0.2) is 36.5 Å². The summed E-state index contributed by atoms with van der Waals surface area (Å²) >= 11 is 0. The third kappa shape index (κ3) is 2.72. The van der Waals surface area contributed by atoms with E-state index in [9.17, 15) is 4.79 Å². The maximum Gasteiger partial charge on any atom is 0.319 e. The minimum atomic E-state index is -0.163. The Morgan fingerprint density at radius 1 is 1.35 bits per heavy atom. The lowest BCUT2D eigenvalue weighted by atomic mass is 10.2. The van der Waals surface area contributed by atoms with Gasteiger partial charge in [0.2, 0.25) is 0 Å². The topological polar surface area (TPSA) is 57.3 Å². The normalized spacial score (nSPS) is 19.1. The molecule has 2 amide bonds. The first-order valence-corrected chi connectivity index (χ1v) is 6.82. The molecule has 3 rings (SSSR count). The van der Waals surface area contributed by atoms with Gasteiger partial charge in [-0.05, 0) is 32.1 Å². The number of aromatic nitrogens is 1. The molecule has 0 radical (unpaired) electrons. The molecule has 1 atom stereocenters. The van der Waals surface area contributed by atoms with Gasteiger partial charge in [0.25, 0.3) is 0 Å². The largest absolute Gasteiger partial charge is 0.334 e. The first-order valence-electron chi connectivity index (χ1n) is 6.82. The van der Waals surface area contributed by atoms with Crippen LogP contribution < -0.4 is 10.6 Å². The van der Waals surface area contributed by atoms with E-state index in [2.05, 4.69) is 27.6 Å². The van der Waals surface area contributed by atoms with Crippen LogP contribution in [-0.4, -0.2) is 42.1 Å². The van der Waals surface area contributed by atoms with Gasteiger partial charge in [0, 0.05) is 24.2 Å². The van der Waals surface area contributed by atoms with Crippen molar-refractivity contribution in [2.45, 2.75) is 12.5 Å². The summed E-state index contributed by atoms with van der Waals surface area (Å²) in [6, 6.07) is 9.71. The van der Waals surface area contributed by atoms with Crippen LogP contribution in [0.3, 0.4) is 0 Å². The number of likely N-dealkylation sites (tertiary alicyclic amines) is 1. The number of carbonyl (C=O) groups excluding carboxylic acids is 1. The molecule has 1 unspecified atom stereocenters. The number of anilines is 1. The van der Waals surface area contributed by atoms with Gasteiger partial charge in [-0.1, -0.05) is 18.2 Å². The van der Waals surface area contributed by atoms with Crippen LogP contribution in [0.25, 0.3) is 10.9 Å². The molecule has 1 aliphatic heterocycles. The van der Waals surface area contributed by atoms with Gasteiger partial charge < -0.3 is 15.5 Å². The Hall–Kier alpha value is -2.14. The van der Waals surface area contributed by atoms with E-state index in [4.69, 9.17) is 0 Å². The molecule has 0 spiro atoms. The van der Waals surface area contributed by atoms with E-state index in [-0.39, 0.29) is 12.1 Å². The van der Waals surface area contributed by atoms with E-state index < -0.39 is 0 Å². The van der Waals surface area contributed by atoms with Crippen LogP contribution in [-0.2, 0) is 0 Å². The Balaban J connectivity index is 1.71. The number of para-hydroxylation sites is 1. The maximum absolute atomic E-state index is 12.1. The average Bonchev–Trinajstić information content (AvgIpc) is 2.84. The smallest absolute Gasteiger partial charge is 0.319 e. The van der Waals surface area contributed by atoms with Gasteiger partial charge in [-0.2, -0.15) is 0 Å². The van der Waals surface area contributed by atoms with Crippen molar-refractivity contribution in [2.24, 2.45) is 0 Å².